The van der Waals surface area contributed by atoms with E-state index in [4.69, 9.17) is 5.73 Å². The van der Waals surface area contributed by atoms with Crippen LogP contribution in [0.25, 0.3) is 0 Å². The average Bonchev–Trinajstić information content (AvgIpc) is 2.40. The van der Waals surface area contributed by atoms with E-state index < -0.39 is 0 Å². The second-order valence-electron chi connectivity index (χ2n) is 5.15. The van der Waals surface area contributed by atoms with Crippen molar-refractivity contribution in [1.29, 1.82) is 0 Å². The Morgan fingerprint density at radius 2 is 1.75 bits per heavy atom. The second kappa shape index (κ2) is 7.13. The summed E-state index contributed by atoms with van der Waals surface area (Å²) >= 11 is 0. The van der Waals surface area contributed by atoms with Gasteiger partial charge in [-0.05, 0) is 12.8 Å². The lowest BCUT2D eigenvalue weighted by Crippen LogP contribution is -2.50. The Balaban J connectivity index is 0.00000225. The largest absolute Gasteiger partial charge is 0.354 e. The molecule has 0 radical (unpaired) electrons. The van der Waals surface area contributed by atoms with Crippen LogP contribution in [0.4, 0.5) is 0 Å². The van der Waals surface area contributed by atoms with Gasteiger partial charge in [-0.25, -0.2) is 0 Å². The maximum atomic E-state index is 11.4. The molecule has 3 N–H and O–H groups in total. The van der Waals surface area contributed by atoms with Gasteiger partial charge in [0.2, 0.25) is 5.91 Å². The molecule has 0 aromatic carbocycles. The summed E-state index contributed by atoms with van der Waals surface area (Å²) in [5.41, 5.74) is 6.14. The van der Waals surface area contributed by atoms with Crippen molar-refractivity contribution in [2.24, 2.45) is 11.7 Å². The monoisotopic (exact) mass is 248 g/mol. The van der Waals surface area contributed by atoms with Crippen molar-refractivity contribution in [1.82, 2.24) is 5.32 Å². The molecule has 1 aliphatic carbocycles. The third kappa shape index (κ3) is 5.17. The zero-order chi connectivity index (χ0) is 11.3. The summed E-state index contributed by atoms with van der Waals surface area (Å²) in [4.78, 5) is 11.4. The fraction of sp³-hybridized carbons (Fsp3) is 0.917. The molecule has 0 aliphatic heterocycles. The lowest BCUT2D eigenvalue weighted by Gasteiger charge is -2.28. The van der Waals surface area contributed by atoms with Crippen LogP contribution in [0.5, 0.6) is 0 Å². The number of carbonyl (C=O) groups is 1. The van der Waals surface area contributed by atoms with Gasteiger partial charge in [-0.1, -0.05) is 39.5 Å². The topological polar surface area (TPSA) is 55.1 Å². The number of halogens is 1. The van der Waals surface area contributed by atoms with Gasteiger partial charge in [0, 0.05) is 18.0 Å². The van der Waals surface area contributed by atoms with Crippen LogP contribution in [0.15, 0.2) is 0 Å². The third-order valence-corrected chi connectivity index (χ3v) is 3.24. The molecule has 4 heteroatoms. The molecule has 0 atom stereocenters. The van der Waals surface area contributed by atoms with E-state index >= 15 is 0 Å². The Kier molecular flexibility index (Phi) is 7.00. The van der Waals surface area contributed by atoms with Gasteiger partial charge in [-0.15, -0.1) is 12.4 Å². The predicted molar refractivity (Wildman–Crippen MR) is 69.7 cm³/mol. The minimum atomic E-state index is -0.152. The molecular formula is C12H25ClN2O. The molecule has 0 spiro atoms. The highest BCUT2D eigenvalue weighted by molar-refractivity contribution is 5.85. The van der Waals surface area contributed by atoms with Crippen LogP contribution in [0.1, 0.15) is 52.4 Å². The molecule has 0 saturated heterocycles. The Hall–Kier alpha value is -0.280. The predicted octanol–water partition coefficient (Wildman–Crippen LogP) is 2.23. The highest BCUT2D eigenvalue weighted by atomic mass is 35.5. The van der Waals surface area contributed by atoms with Crippen LogP contribution >= 0.6 is 12.4 Å². The second-order valence-corrected chi connectivity index (χ2v) is 5.15. The summed E-state index contributed by atoms with van der Waals surface area (Å²) in [7, 11) is 0. The number of carbonyl (C=O) groups excluding carboxylic acids is 1. The SMILES string of the molecule is CC(C)C(=O)NCC1(N)CCCCCC1.Cl. The molecule has 16 heavy (non-hydrogen) atoms. The quantitative estimate of drug-likeness (QED) is 0.753. The first-order valence-electron chi connectivity index (χ1n) is 6.10. The van der Waals surface area contributed by atoms with Crippen molar-refractivity contribution in [3.63, 3.8) is 0 Å². The molecule has 1 amide bonds. The molecule has 0 unspecified atom stereocenters. The van der Waals surface area contributed by atoms with Gasteiger partial charge < -0.3 is 11.1 Å². The van der Waals surface area contributed by atoms with Gasteiger partial charge in [-0.2, -0.15) is 0 Å². The number of hydrogen-bond acceptors (Lipinski definition) is 2. The highest BCUT2D eigenvalue weighted by Crippen LogP contribution is 2.24. The lowest BCUT2D eigenvalue weighted by atomic mass is 9.91. The number of hydrogen-bond donors (Lipinski definition) is 2. The van der Waals surface area contributed by atoms with E-state index in [1.54, 1.807) is 0 Å². The lowest BCUT2D eigenvalue weighted by molar-refractivity contribution is -0.124. The first-order chi connectivity index (χ1) is 7.03. The van der Waals surface area contributed by atoms with Gasteiger partial charge in [0.1, 0.15) is 0 Å². The first kappa shape index (κ1) is 15.7. The maximum Gasteiger partial charge on any atom is 0.222 e. The summed E-state index contributed by atoms with van der Waals surface area (Å²) in [6.45, 7) is 4.46. The first-order valence-corrected chi connectivity index (χ1v) is 6.10. The standard InChI is InChI=1S/C12H24N2O.ClH/c1-10(2)11(15)14-9-12(13)7-5-3-4-6-8-12;/h10H,3-9,13H2,1-2H3,(H,14,15);1H. The van der Waals surface area contributed by atoms with E-state index in [0.29, 0.717) is 6.54 Å². The fourth-order valence-corrected chi connectivity index (χ4v) is 2.08. The maximum absolute atomic E-state index is 11.4. The normalized spacial score (nSPS) is 19.8. The minimum Gasteiger partial charge on any atom is -0.354 e. The van der Waals surface area contributed by atoms with E-state index in [1.165, 1.54) is 25.7 Å². The van der Waals surface area contributed by atoms with E-state index in [9.17, 15) is 4.79 Å². The average molecular weight is 249 g/mol. The van der Waals surface area contributed by atoms with E-state index in [1.807, 2.05) is 13.8 Å². The molecule has 1 rings (SSSR count). The smallest absolute Gasteiger partial charge is 0.222 e. The summed E-state index contributed by atoms with van der Waals surface area (Å²) in [6, 6.07) is 0. The van der Waals surface area contributed by atoms with Crippen LogP contribution in [0.2, 0.25) is 0 Å². The van der Waals surface area contributed by atoms with E-state index in [0.717, 1.165) is 12.8 Å². The highest BCUT2D eigenvalue weighted by Gasteiger charge is 2.26. The molecule has 1 fully saturated rings. The Labute approximate surface area is 105 Å². The number of nitrogens with one attached hydrogen (secondary N) is 1. The molecule has 1 aliphatic rings. The number of nitrogens with two attached hydrogens (primary N) is 1. The number of amides is 1. The van der Waals surface area contributed by atoms with Crippen LogP contribution in [-0.4, -0.2) is 18.0 Å². The van der Waals surface area contributed by atoms with Crippen molar-refractivity contribution in [3.8, 4) is 0 Å². The van der Waals surface area contributed by atoms with Crippen LogP contribution in [0.3, 0.4) is 0 Å². The minimum absolute atomic E-state index is 0. The van der Waals surface area contributed by atoms with Crippen molar-refractivity contribution in [2.45, 2.75) is 57.9 Å². The molecule has 0 bridgehead atoms. The summed E-state index contributed by atoms with van der Waals surface area (Å²) < 4.78 is 0. The van der Waals surface area contributed by atoms with E-state index in [-0.39, 0.29) is 29.8 Å². The van der Waals surface area contributed by atoms with Gasteiger partial charge in [0.25, 0.3) is 0 Å². The Bertz CT molecular complexity index is 211. The van der Waals surface area contributed by atoms with Crippen LogP contribution < -0.4 is 11.1 Å². The van der Waals surface area contributed by atoms with Gasteiger partial charge in [-0.3, -0.25) is 4.79 Å². The van der Waals surface area contributed by atoms with Crippen LogP contribution in [0, 0.1) is 5.92 Å². The van der Waals surface area contributed by atoms with Gasteiger partial charge in [0.15, 0.2) is 0 Å². The van der Waals surface area contributed by atoms with Crippen molar-refractivity contribution >= 4 is 18.3 Å². The molecule has 0 aromatic rings. The Morgan fingerprint density at radius 3 is 2.19 bits per heavy atom. The van der Waals surface area contributed by atoms with Gasteiger partial charge in [0.05, 0.1) is 0 Å². The summed E-state index contributed by atoms with van der Waals surface area (Å²) in [5.74, 6) is 0.170. The molecule has 1 saturated carbocycles. The number of rotatable bonds is 3. The zero-order valence-corrected chi connectivity index (χ0v) is 11.2. The van der Waals surface area contributed by atoms with Gasteiger partial charge >= 0.3 is 0 Å². The molecule has 96 valence electrons. The van der Waals surface area contributed by atoms with E-state index in [2.05, 4.69) is 5.32 Å². The van der Waals surface area contributed by atoms with Crippen molar-refractivity contribution < 1.29 is 4.79 Å². The molecular weight excluding hydrogens is 224 g/mol. The molecule has 0 heterocycles. The third-order valence-electron chi connectivity index (χ3n) is 3.24. The summed E-state index contributed by atoms with van der Waals surface area (Å²) in [6.07, 6.45) is 7.08. The fourth-order valence-electron chi connectivity index (χ4n) is 2.08. The molecule has 3 nitrogen and oxygen atoms in total. The zero-order valence-electron chi connectivity index (χ0n) is 10.4. The van der Waals surface area contributed by atoms with Crippen molar-refractivity contribution in [2.75, 3.05) is 6.54 Å². The Morgan fingerprint density at radius 1 is 1.25 bits per heavy atom. The molecule has 0 aromatic heterocycles. The van der Waals surface area contributed by atoms with Crippen LogP contribution in [-0.2, 0) is 4.79 Å². The summed E-state index contributed by atoms with van der Waals surface area (Å²) in [5, 5.41) is 2.96. The van der Waals surface area contributed by atoms with Crippen molar-refractivity contribution in [3.05, 3.63) is 0 Å².